The van der Waals surface area contributed by atoms with Crippen LogP contribution in [0.15, 0.2) is 64.9 Å². The molecule has 0 saturated heterocycles. The van der Waals surface area contributed by atoms with Gasteiger partial charge in [0.15, 0.2) is 5.17 Å². The Morgan fingerprint density at radius 2 is 1.77 bits per heavy atom. The van der Waals surface area contributed by atoms with Crippen molar-refractivity contribution in [2.75, 3.05) is 7.11 Å². The molecule has 1 unspecified atom stereocenters. The molecule has 1 N–H and O–H groups in total. The number of aliphatic imine (C=N–C) groups is 1. The number of thioether (sulfide) groups is 1. The standard InChI is InChI=1S/C21H16Cl2N2O3S.2ClH/c1-11-17(20(26)27)19(12-6-3-4-9-15(12)28-2)25-10-16(29-21(25)24-11)18-13(22)7-5-8-14(18)23;;/h3-10,19H,1-2H3,(H,26,27);2*1H. The van der Waals surface area contributed by atoms with Gasteiger partial charge in [-0.3, -0.25) is 0 Å². The monoisotopic (exact) mass is 518 g/mol. The second-order valence-electron chi connectivity index (χ2n) is 6.44. The summed E-state index contributed by atoms with van der Waals surface area (Å²) in [6, 6.07) is 12.1. The largest absolute Gasteiger partial charge is 0.496 e. The number of allylic oxidation sites excluding steroid dienone is 1. The molecule has 2 aromatic carbocycles. The first-order valence-electron chi connectivity index (χ1n) is 8.70. The van der Waals surface area contributed by atoms with E-state index >= 15 is 0 Å². The lowest BCUT2D eigenvalue weighted by atomic mass is 9.94. The van der Waals surface area contributed by atoms with E-state index in [-0.39, 0.29) is 30.4 Å². The van der Waals surface area contributed by atoms with E-state index in [1.54, 1.807) is 32.2 Å². The summed E-state index contributed by atoms with van der Waals surface area (Å²) in [7, 11) is 1.57. The fourth-order valence-electron chi connectivity index (χ4n) is 3.48. The summed E-state index contributed by atoms with van der Waals surface area (Å²) in [6.45, 7) is 1.71. The molecule has 1 atom stereocenters. The summed E-state index contributed by atoms with van der Waals surface area (Å²) in [6.07, 6.45) is 1.85. The highest BCUT2D eigenvalue weighted by Crippen LogP contribution is 2.49. The van der Waals surface area contributed by atoms with Crippen LogP contribution in [0.1, 0.15) is 24.1 Å². The molecule has 164 valence electrons. The zero-order valence-corrected chi connectivity index (χ0v) is 20.3. The summed E-state index contributed by atoms with van der Waals surface area (Å²) >= 11 is 14.2. The number of fused-ring (bicyclic) bond motifs is 1. The average Bonchev–Trinajstić information content (AvgIpc) is 3.09. The molecule has 0 aromatic heterocycles. The lowest BCUT2D eigenvalue weighted by Gasteiger charge is -2.33. The van der Waals surface area contributed by atoms with Gasteiger partial charge in [-0.2, -0.15) is 0 Å². The van der Waals surface area contributed by atoms with Crippen molar-refractivity contribution in [1.82, 2.24) is 4.90 Å². The Hall–Kier alpha value is -1.83. The summed E-state index contributed by atoms with van der Waals surface area (Å²) in [5, 5.41) is 11.6. The molecule has 10 heteroatoms. The second-order valence-corrected chi connectivity index (χ2v) is 8.27. The predicted molar refractivity (Wildman–Crippen MR) is 132 cm³/mol. The van der Waals surface area contributed by atoms with Gasteiger partial charge < -0.3 is 14.7 Å². The molecule has 2 aliphatic heterocycles. The zero-order chi connectivity index (χ0) is 20.7. The van der Waals surface area contributed by atoms with Crippen LogP contribution in [0.4, 0.5) is 0 Å². The van der Waals surface area contributed by atoms with Crippen LogP contribution in [0.3, 0.4) is 0 Å². The summed E-state index contributed by atoms with van der Waals surface area (Å²) < 4.78 is 5.51. The smallest absolute Gasteiger partial charge is 0.335 e. The molecule has 0 aliphatic carbocycles. The van der Waals surface area contributed by atoms with Crippen molar-refractivity contribution in [3.05, 3.63) is 81.1 Å². The van der Waals surface area contributed by atoms with Gasteiger partial charge in [-0.25, -0.2) is 9.79 Å². The molecule has 5 nitrogen and oxygen atoms in total. The minimum Gasteiger partial charge on any atom is -0.496 e. The number of nitrogens with zero attached hydrogens (tertiary/aromatic N) is 2. The fraction of sp³-hybridized carbons (Fsp3) is 0.143. The maximum atomic E-state index is 12.1. The SMILES string of the molecule is COc1ccccc1C1C(C(=O)O)=C(C)N=C2SC(c3c(Cl)cccc3Cl)=CN21.Cl.Cl. The molecule has 0 bridgehead atoms. The van der Waals surface area contributed by atoms with Crippen molar-refractivity contribution in [3.8, 4) is 5.75 Å². The number of ether oxygens (including phenoxy) is 1. The normalized spacial score (nSPS) is 17.2. The first kappa shape index (κ1) is 25.4. The van der Waals surface area contributed by atoms with Crippen LogP contribution in [-0.2, 0) is 4.79 Å². The number of carboxylic acid groups (broad SMARTS) is 1. The summed E-state index contributed by atoms with van der Waals surface area (Å²) in [5.74, 6) is -0.420. The van der Waals surface area contributed by atoms with Gasteiger partial charge in [0.1, 0.15) is 5.75 Å². The number of hydrogen-bond acceptors (Lipinski definition) is 5. The van der Waals surface area contributed by atoms with Crippen LogP contribution >= 0.6 is 59.8 Å². The third kappa shape index (κ3) is 4.54. The molecule has 0 spiro atoms. The summed E-state index contributed by atoms with van der Waals surface area (Å²) in [4.78, 5) is 19.3. The maximum absolute atomic E-state index is 12.1. The molecular weight excluding hydrogens is 502 g/mol. The number of hydrogen-bond donors (Lipinski definition) is 1. The van der Waals surface area contributed by atoms with Gasteiger partial charge in [0, 0.05) is 22.2 Å². The third-order valence-electron chi connectivity index (χ3n) is 4.76. The number of aliphatic carboxylic acids is 1. The molecule has 31 heavy (non-hydrogen) atoms. The van der Waals surface area contributed by atoms with E-state index in [1.807, 2.05) is 35.4 Å². The number of amidine groups is 1. The average molecular weight is 520 g/mol. The highest BCUT2D eigenvalue weighted by molar-refractivity contribution is 8.22. The van der Waals surface area contributed by atoms with Gasteiger partial charge in [-0.05, 0) is 36.9 Å². The van der Waals surface area contributed by atoms with E-state index in [4.69, 9.17) is 27.9 Å². The topological polar surface area (TPSA) is 62.1 Å². The molecular formula is C21H18Cl4N2O3S. The zero-order valence-electron chi connectivity index (χ0n) is 16.3. The molecule has 0 saturated carbocycles. The first-order valence-corrected chi connectivity index (χ1v) is 10.3. The van der Waals surface area contributed by atoms with E-state index in [9.17, 15) is 9.90 Å². The second kappa shape index (κ2) is 10.2. The van der Waals surface area contributed by atoms with E-state index in [0.717, 1.165) is 10.5 Å². The third-order valence-corrected chi connectivity index (χ3v) is 6.40. The van der Waals surface area contributed by atoms with E-state index in [2.05, 4.69) is 4.99 Å². The van der Waals surface area contributed by atoms with Gasteiger partial charge in [0.05, 0.1) is 34.5 Å². The van der Waals surface area contributed by atoms with Crippen LogP contribution in [0.5, 0.6) is 5.75 Å². The van der Waals surface area contributed by atoms with Gasteiger partial charge in [-0.15, -0.1) is 24.8 Å². The van der Waals surface area contributed by atoms with Gasteiger partial charge >= 0.3 is 5.97 Å². The van der Waals surface area contributed by atoms with Crippen LogP contribution in [0.25, 0.3) is 4.91 Å². The fourth-order valence-corrected chi connectivity index (χ4v) is 5.33. The molecule has 0 radical (unpaired) electrons. The van der Waals surface area contributed by atoms with E-state index < -0.39 is 12.0 Å². The number of halogens is 4. The van der Waals surface area contributed by atoms with Crippen molar-refractivity contribution >= 4 is 75.8 Å². The van der Waals surface area contributed by atoms with Crippen molar-refractivity contribution in [3.63, 3.8) is 0 Å². The van der Waals surface area contributed by atoms with Crippen molar-refractivity contribution in [2.45, 2.75) is 13.0 Å². The molecule has 0 amide bonds. The highest BCUT2D eigenvalue weighted by Gasteiger charge is 2.40. The van der Waals surface area contributed by atoms with Crippen LogP contribution in [-0.4, -0.2) is 28.3 Å². The van der Waals surface area contributed by atoms with Crippen molar-refractivity contribution in [2.24, 2.45) is 4.99 Å². The Balaban J connectivity index is 0.00000171. The quantitative estimate of drug-likeness (QED) is 0.489. The predicted octanol–water partition coefficient (Wildman–Crippen LogP) is 6.66. The number of carbonyl (C=O) groups is 1. The van der Waals surface area contributed by atoms with Crippen LogP contribution in [0.2, 0.25) is 10.0 Å². The van der Waals surface area contributed by atoms with Gasteiger partial charge in [0.2, 0.25) is 0 Å². The highest BCUT2D eigenvalue weighted by atomic mass is 35.5. The first-order chi connectivity index (χ1) is 13.9. The van der Waals surface area contributed by atoms with Crippen molar-refractivity contribution < 1.29 is 14.6 Å². The van der Waals surface area contributed by atoms with Gasteiger partial charge in [0.25, 0.3) is 0 Å². The number of benzene rings is 2. The molecule has 0 fully saturated rings. The maximum Gasteiger partial charge on any atom is 0.335 e. The molecule has 2 heterocycles. The Bertz CT molecular complexity index is 1100. The number of methoxy groups -OCH3 is 1. The van der Waals surface area contributed by atoms with Crippen molar-refractivity contribution in [1.29, 1.82) is 0 Å². The molecule has 2 aliphatic rings. The van der Waals surface area contributed by atoms with Crippen LogP contribution in [0, 0.1) is 0 Å². The lowest BCUT2D eigenvalue weighted by Crippen LogP contribution is -2.33. The molecule has 2 aromatic rings. The number of carboxylic acids is 1. The van der Waals surface area contributed by atoms with E-state index in [1.165, 1.54) is 11.8 Å². The Kier molecular flexibility index (Phi) is 8.36. The Morgan fingerprint density at radius 1 is 1.13 bits per heavy atom. The van der Waals surface area contributed by atoms with Crippen LogP contribution < -0.4 is 4.74 Å². The summed E-state index contributed by atoms with van der Waals surface area (Å²) in [5.41, 5.74) is 2.09. The number of para-hydroxylation sites is 1. The lowest BCUT2D eigenvalue weighted by molar-refractivity contribution is -0.133. The molecule has 4 rings (SSSR count). The Morgan fingerprint density at radius 3 is 2.39 bits per heavy atom. The van der Waals surface area contributed by atoms with Gasteiger partial charge in [-0.1, -0.05) is 47.5 Å². The number of rotatable bonds is 4. The minimum absolute atomic E-state index is 0. The minimum atomic E-state index is -1.02. The Labute approximate surface area is 206 Å². The van der Waals surface area contributed by atoms with E-state index in [0.29, 0.717) is 32.2 Å².